The van der Waals surface area contributed by atoms with Crippen molar-refractivity contribution >= 4 is 23.3 Å². The standard InChI is InChI=1S/C15H17N3O7/c1-3-24-13(20)9-12(19)14(15(21)25-4-2)17-16-10-5-7-11(8-6-10)18(22)23/h5-8,19H,3-4,9H2,1-2H3/b14-12-,17-16?. The zero-order valence-electron chi connectivity index (χ0n) is 13.7. The number of hydrogen-bond donors (Lipinski definition) is 1. The van der Waals surface area contributed by atoms with Crippen LogP contribution >= 0.6 is 0 Å². The minimum Gasteiger partial charge on any atom is -0.509 e. The van der Waals surface area contributed by atoms with Gasteiger partial charge in [-0.1, -0.05) is 0 Å². The maximum absolute atomic E-state index is 11.9. The Kier molecular flexibility index (Phi) is 7.70. The molecule has 10 nitrogen and oxygen atoms in total. The molecule has 0 unspecified atom stereocenters. The number of nitro groups is 1. The third-order valence-electron chi connectivity index (χ3n) is 2.69. The normalized spacial score (nSPS) is 11.8. The number of carbonyl (C=O) groups excluding carboxylic acids is 2. The largest absolute Gasteiger partial charge is 0.509 e. The third-order valence-corrected chi connectivity index (χ3v) is 2.69. The summed E-state index contributed by atoms with van der Waals surface area (Å²) in [6.45, 7) is 3.30. The molecule has 0 spiro atoms. The molecule has 0 bridgehead atoms. The summed E-state index contributed by atoms with van der Waals surface area (Å²) in [7, 11) is 0. The van der Waals surface area contributed by atoms with Crippen LogP contribution < -0.4 is 0 Å². The number of non-ortho nitro benzene ring substituents is 1. The molecule has 134 valence electrons. The van der Waals surface area contributed by atoms with E-state index in [-0.39, 0.29) is 24.6 Å². The smallest absolute Gasteiger partial charge is 0.362 e. The van der Waals surface area contributed by atoms with Crippen LogP contribution in [0.5, 0.6) is 0 Å². The van der Waals surface area contributed by atoms with Crippen LogP contribution in [0, 0.1) is 10.1 Å². The van der Waals surface area contributed by atoms with E-state index in [9.17, 15) is 24.8 Å². The predicted molar refractivity (Wildman–Crippen MR) is 85.2 cm³/mol. The number of nitro benzene ring substituents is 1. The summed E-state index contributed by atoms with van der Waals surface area (Å²) in [6, 6.07) is 5.04. The van der Waals surface area contributed by atoms with Gasteiger partial charge in [-0.25, -0.2) is 4.79 Å². The highest BCUT2D eigenvalue weighted by Crippen LogP contribution is 2.20. The van der Waals surface area contributed by atoms with E-state index < -0.39 is 34.7 Å². The van der Waals surface area contributed by atoms with Gasteiger partial charge in [0, 0.05) is 12.1 Å². The Morgan fingerprint density at radius 3 is 2.28 bits per heavy atom. The molecule has 1 aromatic rings. The Balaban J connectivity index is 3.05. The number of hydrogen-bond acceptors (Lipinski definition) is 9. The number of ether oxygens (including phenoxy) is 2. The molecule has 0 aliphatic heterocycles. The van der Waals surface area contributed by atoms with Crippen molar-refractivity contribution in [1.82, 2.24) is 0 Å². The minimum absolute atomic E-state index is 0.0298. The molecule has 0 saturated carbocycles. The quantitative estimate of drug-likeness (QED) is 0.189. The average molecular weight is 351 g/mol. The third kappa shape index (κ3) is 6.37. The summed E-state index contributed by atoms with van der Waals surface area (Å²) in [6.07, 6.45) is -0.568. The fraction of sp³-hybridized carbons (Fsp3) is 0.333. The first-order valence-corrected chi connectivity index (χ1v) is 7.30. The van der Waals surface area contributed by atoms with Gasteiger partial charge in [0.15, 0.2) is 0 Å². The zero-order chi connectivity index (χ0) is 18.8. The number of benzene rings is 1. The first kappa shape index (κ1) is 19.7. The molecular formula is C15H17N3O7. The molecule has 0 heterocycles. The van der Waals surface area contributed by atoms with Crippen LogP contribution in [-0.2, 0) is 19.1 Å². The van der Waals surface area contributed by atoms with Gasteiger partial charge in [0.25, 0.3) is 5.69 Å². The molecular weight excluding hydrogens is 334 g/mol. The van der Waals surface area contributed by atoms with E-state index in [1.807, 2.05) is 0 Å². The molecule has 10 heteroatoms. The first-order chi connectivity index (χ1) is 11.9. The minimum atomic E-state index is -0.963. The Morgan fingerprint density at radius 1 is 1.16 bits per heavy atom. The van der Waals surface area contributed by atoms with Crippen molar-refractivity contribution in [1.29, 1.82) is 0 Å². The Labute approximate surface area is 142 Å². The van der Waals surface area contributed by atoms with Gasteiger partial charge in [-0.2, -0.15) is 5.11 Å². The van der Waals surface area contributed by atoms with Crippen LogP contribution in [0.2, 0.25) is 0 Å². The van der Waals surface area contributed by atoms with Crippen molar-refractivity contribution in [2.45, 2.75) is 20.3 Å². The van der Waals surface area contributed by atoms with E-state index >= 15 is 0 Å². The lowest BCUT2D eigenvalue weighted by Gasteiger charge is -2.05. The van der Waals surface area contributed by atoms with Gasteiger partial charge in [-0.15, -0.1) is 5.11 Å². The fourth-order valence-electron chi connectivity index (χ4n) is 1.60. The number of aliphatic hydroxyl groups excluding tert-OH is 1. The molecule has 0 aromatic heterocycles. The van der Waals surface area contributed by atoms with Crippen LogP contribution in [0.1, 0.15) is 20.3 Å². The molecule has 1 aromatic carbocycles. The summed E-state index contributed by atoms with van der Waals surface area (Å²) in [4.78, 5) is 33.3. The molecule has 1 rings (SSSR count). The number of azo groups is 1. The van der Waals surface area contributed by atoms with E-state index in [1.54, 1.807) is 13.8 Å². The number of nitrogens with zero attached hydrogens (tertiary/aromatic N) is 3. The van der Waals surface area contributed by atoms with Gasteiger partial charge in [0.2, 0.25) is 5.70 Å². The second-order valence-electron chi connectivity index (χ2n) is 4.47. The topological polar surface area (TPSA) is 141 Å². The van der Waals surface area contributed by atoms with Crippen LogP contribution in [-0.4, -0.2) is 35.2 Å². The van der Waals surface area contributed by atoms with E-state index in [0.717, 1.165) is 0 Å². The van der Waals surface area contributed by atoms with E-state index in [1.165, 1.54) is 24.3 Å². The molecule has 0 aliphatic carbocycles. The number of carbonyl (C=O) groups is 2. The van der Waals surface area contributed by atoms with Gasteiger partial charge < -0.3 is 14.6 Å². The molecule has 0 amide bonds. The lowest BCUT2D eigenvalue weighted by atomic mass is 10.3. The monoisotopic (exact) mass is 351 g/mol. The molecule has 0 radical (unpaired) electrons. The van der Waals surface area contributed by atoms with E-state index in [2.05, 4.69) is 15.0 Å². The van der Waals surface area contributed by atoms with Gasteiger partial charge >= 0.3 is 11.9 Å². The number of aliphatic hydroxyl groups is 1. The Hall–Kier alpha value is -3.30. The fourth-order valence-corrected chi connectivity index (χ4v) is 1.60. The van der Waals surface area contributed by atoms with Crippen LogP contribution in [0.4, 0.5) is 11.4 Å². The summed E-state index contributed by atoms with van der Waals surface area (Å²) in [5.74, 6) is -2.36. The Morgan fingerprint density at radius 2 is 1.76 bits per heavy atom. The average Bonchev–Trinajstić information content (AvgIpc) is 2.55. The molecule has 0 saturated heterocycles. The highest BCUT2D eigenvalue weighted by Gasteiger charge is 2.19. The van der Waals surface area contributed by atoms with E-state index in [0.29, 0.717) is 0 Å². The lowest BCUT2D eigenvalue weighted by molar-refractivity contribution is -0.384. The highest BCUT2D eigenvalue weighted by atomic mass is 16.6. The molecule has 25 heavy (non-hydrogen) atoms. The summed E-state index contributed by atoms with van der Waals surface area (Å²) in [5, 5.41) is 27.8. The van der Waals surface area contributed by atoms with Crippen molar-refractivity contribution in [3.05, 3.63) is 45.8 Å². The second-order valence-corrected chi connectivity index (χ2v) is 4.47. The van der Waals surface area contributed by atoms with Gasteiger partial charge in [0.05, 0.1) is 23.8 Å². The van der Waals surface area contributed by atoms with Crippen molar-refractivity contribution < 1.29 is 29.1 Å². The maximum atomic E-state index is 11.9. The highest BCUT2D eigenvalue weighted by molar-refractivity contribution is 5.89. The Bertz CT molecular complexity index is 696. The first-order valence-electron chi connectivity index (χ1n) is 7.30. The van der Waals surface area contributed by atoms with Crippen LogP contribution in [0.25, 0.3) is 0 Å². The van der Waals surface area contributed by atoms with E-state index in [4.69, 9.17) is 4.74 Å². The van der Waals surface area contributed by atoms with Gasteiger partial charge in [-0.05, 0) is 26.0 Å². The molecule has 1 N–H and O–H groups in total. The molecule has 0 atom stereocenters. The second kappa shape index (κ2) is 9.75. The van der Waals surface area contributed by atoms with Gasteiger partial charge in [0.1, 0.15) is 12.2 Å². The zero-order valence-corrected chi connectivity index (χ0v) is 13.7. The number of esters is 2. The van der Waals surface area contributed by atoms with Crippen molar-refractivity contribution in [3.63, 3.8) is 0 Å². The summed E-state index contributed by atoms with van der Waals surface area (Å²) < 4.78 is 9.43. The van der Waals surface area contributed by atoms with Crippen molar-refractivity contribution in [3.8, 4) is 0 Å². The predicted octanol–water partition coefficient (Wildman–Crippen LogP) is 2.96. The summed E-state index contributed by atoms with van der Waals surface area (Å²) in [5.41, 5.74) is -0.477. The van der Waals surface area contributed by atoms with Crippen LogP contribution in [0.15, 0.2) is 46.0 Å². The maximum Gasteiger partial charge on any atom is 0.362 e. The summed E-state index contributed by atoms with van der Waals surface area (Å²) >= 11 is 0. The van der Waals surface area contributed by atoms with Gasteiger partial charge in [-0.3, -0.25) is 14.9 Å². The number of rotatable bonds is 8. The van der Waals surface area contributed by atoms with Crippen molar-refractivity contribution in [2.75, 3.05) is 13.2 Å². The lowest BCUT2D eigenvalue weighted by Crippen LogP contribution is -2.12. The van der Waals surface area contributed by atoms with Crippen molar-refractivity contribution in [2.24, 2.45) is 10.2 Å². The molecule has 0 fully saturated rings. The SMILES string of the molecule is CCOC(=O)C/C(O)=C(/N=Nc1ccc([N+](=O)[O-])cc1)C(=O)OCC. The molecule has 0 aliphatic rings. The van der Waals surface area contributed by atoms with Crippen LogP contribution in [0.3, 0.4) is 0 Å².